The predicted octanol–water partition coefficient (Wildman–Crippen LogP) is -1.07. The topological polar surface area (TPSA) is 75.4 Å². The summed E-state index contributed by atoms with van der Waals surface area (Å²) in [5, 5.41) is 2.73. The molecule has 0 aliphatic rings. The standard InChI is InChI=1S/C8H17N3O2/c1-6(2)11(5-7(9)12)8(13)4-10-3/h6,10H,4-5H2,1-3H3,(H2,9,12). The molecule has 0 atom stereocenters. The van der Waals surface area contributed by atoms with Crippen molar-refractivity contribution in [1.29, 1.82) is 0 Å². The summed E-state index contributed by atoms with van der Waals surface area (Å²) in [4.78, 5) is 23.4. The van der Waals surface area contributed by atoms with Crippen LogP contribution in [0.1, 0.15) is 13.8 Å². The minimum atomic E-state index is -0.488. The molecule has 3 N–H and O–H groups in total. The number of rotatable bonds is 5. The zero-order valence-electron chi connectivity index (χ0n) is 8.33. The molecule has 0 rings (SSSR count). The van der Waals surface area contributed by atoms with E-state index in [0.717, 1.165) is 0 Å². The highest BCUT2D eigenvalue weighted by Crippen LogP contribution is 1.97. The number of hydrogen-bond acceptors (Lipinski definition) is 3. The number of primary amides is 1. The Morgan fingerprint density at radius 1 is 1.46 bits per heavy atom. The van der Waals surface area contributed by atoms with Crippen LogP contribution in [-0.2, 0) is 9.59 Å². The Hall–Kier alpha value is -1.10. The summed E-state index contributed by atoms with van der Waals surface area (Å²) in [7, 11) is 1.68. The second-order valence-electron chi connectivity index (χ2n) is 3.11. The van der Waals surface area contributed by atoms with Gasteiger partial charge < -0.3 is 16.0 Å². The van der Waals surface area contributed by atoms with Crippen molar-refractivity contribution in [3.05, 3.63) is 0 Å². The van der Waals surface area contributed by atoms with Crippen molar-refractivity contribution in [3.63, 3.8) is 0 Å². The molecule has 0 bridgehead atoms. The highest BCUT2D eigenvalue weighted by Gasteiger charge is 2.17. The summed E-state index contributed by atoms with van der Waals surface area (Å²) in [5.74, 6) is -0.602. The smallest absolute Gasteiger partial charge is 0.237 e. The number of amides is 2. The van der Waals surface area contributed by atoms with E-state index in [9.17, 15) is 9.59 Å². The van der Waals surface area contributed by atoms with Gasteiger partial charge in [-0.25, -0.2) is 0 Å². The van der Waals surface area contributed by atoms with E-state index >= 15 is 0 Å². The van der Waals surface area contributed by atoms with Crippen LogP contribution < -0.4 is 11.1 Å². The summed E-state index contributed by atoms with van der Waals surface area (Å²) in [6.07, 6.45) is 0. The van der Waals surface area contributed by atoms with Gasteiger partial charge in [0.2, 0.25) is 11.8 Å². The fourth-order valence-electron chi connectivity index (χ4n) is 0.979. The second-order valence-corrected chi connectivity index (χ2v) is 3.11. The largest absolute Gasteiger partial charge is 0.368 e. The van der Waals surface area contributed by atoms with E-state index in [4.69, 9.17) is 5.73 Å². The van der Waals surface area contributed by atoms with Crippen molar-refractivity contribution in [2.75, 3.05) is 20.1 Å². The van der Waals surface area contributed by atoms with Crippen LogP contribution in [0.25, 0.3) is 0 Å². The van der Waals surface area contributed by atoms with Gasteiger partial charge in [-0.1, -0.05) is 0 Å². The third kappa shape index (κ3) is 4.47. The maximum Gasteiger partial charge on any atom is 0.237 e. The Labute approximate surface area is 78.3 Å². The molecule has 0 aromatic carbocycles. The van der Waals surface area contributed by atoms with E-state index in [2.05, 4.69) is 5.32 Å². The van der Waals surface area contributed by atoms with Crippen molar-refractivity contribution in [3.8, 4) is 0 Å². The maximum atomic E-state index is 11.4. The molecule has 0 fully saturated rings. The Morgan fingerprint density at radius 2 is 2.00 bits per heavy atom. The van der Waals surface area contributed by atoms with Gasteiger partial charge in [0.25, 0.3) is 0 Å². The van der Waals surface area contributed by atoms with Gasteiger partial charge in [0.1, 0.15) is 0 Å². The van der Waals surface area contributed by atoms with Crippen molar-refractivity contribution >= 4 is 11.8 Å². The monoisotopic (exact) mass is 187 g/mol. The van der Waals surface area contributed by atoms with E-state index < -0.39 is 5.91 Å². The van der Waals surface area contributed by atoms with Crippen LogP contribution in [-0.4, -0.2) is 42.9 Å². The molecule has 5 heteroatoms. The van der Waals surface area contributed by atoms with Gasteiger partial charge in [0, 0.05) is 6.04 Å². The Balaban J connectivity index is 4.24. The lowest BCUT2D eigenvalue weighted by Crippen LogP contribution is -2.45. The average molecular weight is 187 g/mol. The summed E-state index contributed by atoms with van der Waals surface area (Å²) in [6.45, 7) is 3.90. The molecule has 0 aliphatic carbocycles. The van der Waals surface area contributed by atoms with Crippen molar-refractivity contribution in [2.45, 2.75) is 19.9 Å². The lowest BCUT2D eigenvalue weighted by Gasteiger charge is -2.25. The summed E-state index contributed by atoms with van der Waals surface area (Å²) in [6, 6.07) is -0.00616. The molecule has 0 aliphatic heterocycles. The maximum absolute atomic E-state index is 11.4. The van der Waals surface area contributed by atoms with Crippen LogP contribution in [0.15, 0.2) is 0 Å². The number of nitrogens with zero attached hydrogens (tertiary/aromatic N) is 1. The summed E-state index contributed by atoms with van der Waals surface area (Å²) in [5.41, 5.74) is 5.01. The van der Waals surface area contributed by atoms with Gasteiger partial charge in [-0.05, 0) is 20.9 Å². The molecule has 0 saturated heterocycles. The lowest BCUT2D eigenvalue weighted by molar-refractivity contribution is -0.136. The molecule has 0 aromatic heterocycles. The van der Waals surface area contributed by atoms with E-state index in [-0.39, 0.29) is 25.0 Å². The Bertz CT molecular complexity index is 192. The number of hydrogen-bond donors (Lipinski definition) is 2. The second kappa shape index (κ2) is 5.53. The van der Waals surface area contributed by atoms with Gasteiger partial charge in [-0.15, -0.1) is 0 Å². The average Bonchev–Trinajstić information content (AvgIpc) is 1.99. The van der Waals surface area contributed by atoms with Crippen LogP contribution >= 0.6 is 0 Å². The number of nitrogens with one attached hydrogen (secondary N) is 1. The van der Waals surface area contributed by atoms with E-state index in [1.54, 1.807) is 7.05 Å². The first-order valence-electron chi connectivity index (χ1n) is 4.21. The third-order valence-corrected chi connectivity index (χ3v) is 1.60. The molecule has 76 valence electrons. The van der Waals surface area contributed by atoms with Gasteiger partial charge in [-0.3, -0.25) is 9.59 Å². The van der Waals surface area contributed by atoms with Crippen molar-refractivity contribution in [2.24, 2.45) is 5.73 Å². The van der Waals surface area contributed by atoms with E-state index in [1.165, 1.54) is 4.90 Å². The minimum Gasteiger partial charge on any atom is -0.368 e. The van der Waals surface area contributed by atoms with Crippen molar-refractivity contribution in [1.82, 2.24) is 10.2 Å². The first-order chi connectivity index (χ1) is 5.99. The Kier molecular flexibility index (Phi) is 5.06. The zero-order valence-corrected chi connectivity index (χ0v) is 8.33. The third-order valence-electron chi connectivity index (χ3n) is 1.60. The van der Waals surface area contributed by atoms with Crippen LogP contribution in [0.3, 0.4) is 0 Å². The first-order valence-corrected chi connectivity index (χ1v) is 4.21. The SMILES string of the molecule is CNCC(=O)N(CC(N)=O)C(C)C. The molecule has 0 aromatic rings. The quantitative estimate of drug-likeness (QED) is 0.575. The molecule has 0 unspecified atom stereocenters. The van der Waals surface area contributed by atoms with Gasteiger partial charge in [0.15, 0.2) is 0 Å². The number of nitrogens with two attached hydrogens (primary N) is 1. The predicted molar refractivity (Wildman–Crippen MR) is 50.0 cm³/mol. The van der Waals surface area contributed by atoms with Gasteiger partial charge in [0.05, 0.1) is 13.1 Å². The molecule has 0 heterocycles. The van der Waals surface area contributed by atoms with Crippen LogP contribution in [0, 0.1) is 0 Å². The van der Waals surface area contributed by atoms with E-state index in [1.807, 2.05) is 13.8 Å². The number of carbonyl (C=O) groups excluding carboxylic acids is 2. The van der Waals surface area contributed by atoms with Crippen LogP contribution in [0.5, 0.6) is 0 Å². The fraction of sp³-hybridized carbons (Fsp3) is 0.750. The molecule has 0 saturated carbocycles. The van der Waals surface area contributed by atoms with E-state index in [0.29, 0.717) is 0 Å². The minimum absolute atomic E-state index is 0.00616. The normalized spacial score (nSPS) is 10.2. The zero-order chi connectivity index (χ0) is 10.4. The molecule has 0 radical (unpaired) electrons. The highest BCUT2D eigenvalue weighted by atomic mass is 16.2. The molecule has 2 amide bonds. The molecular formula is C8H17N3O2. The molecule has 0 spiro atoms. The van der Waals surface area contributed by atoms with Gasteiger partial charge in [-0.2, -0.15) is 0 Å². The first kappa shape index (κ1) is 11.9. The summed E-state index contributed by atoms with van der Waals surface area (Å²) >= 11 is 0. The number of likely N-dealkylation sites (N-methyl/N-ethyl adjacent to an activating group) is 1. The summed E-state index contributed by atoms with van der Waals surface area (Å²) < 4.78 is 0. The molecule has 5 nitrogen and oxygen atoms in total. The number of carbonyl (C=O) groups is 2. The molecular weight excluding hydrogens is 170 g/mol. The lowest BCUT2D eigenvalue weighted by atomic mass is 10.3. The van der Waals surface area contributed by atoms with Gasteiger partial charge >= 0.3 is 0 Å². The van der Waals surface area contributed by atoms with Crippen LogP contribution in [0.4, 0.5) is 0 Å². The van der Waals surface area contributed by atoms with Crippen LogP contribution in [0.2, 0.25) is 0 Å². The van der Waals surface area contributed by atoms with Crippen molar-refractivity contribution < 1.29 is 9.59 Å². The molecule has 13 heavy (non-hydrogen) atoms. The fourth-order valence-corrected chi connectivity index (χ4v) is 0.979. The Morgan fingerprint density at radius 3 is 2.31 bits per heavy atom. The highest BCUT2D eigenvalue weighted by molar-refractivity contribution is 5.85.